The second-order valence-corrected chi connectivity index (χ2v) is 7.89. The Morgan fingerprint density at radius 2 is 2.03 bits per heavy atom. The van der Waals surface area contributed by atoms with Crippen LogP contribution in [0.15, 0.2) is 64.5 Å². The van der Waals surface area contributed by atoms with Crippen LogP contribution in [0.25, 0.3) is 0 Å². The van der Waals surface area contributed by atoms with Gasteiger partial charge >= 0.3 is 0 Å². The molecule has 3 rings (SSSR count). The number of aromatic nitrogens is 2. The fourth-order valence-corrected chi connectivity index (χ4v) is 3.79. The Balaban J connectivity index is 0.00000320. The van der Waals surface area contributed by atoms with Crippen molar-refractivity contribution >= 4 is 41.3 Å². The molecule has 0 bridgehead atoms. The lowest BCUT2D eigenvalue weighted by molar-refractivity contribution is 0.0621. The van der Waals surface area contributed by atoms with Gasteiger partial charge in [0.05, 0.1) is 6.54 Å². The Morgan fingerprint density at radius 3 is 2.73 bits per heavy atom. The lowest BCUT2D eigenvalue weighted by Gasteiger charge is -2.24. The molecule has 0 spiro atoms. The number of nitrogens with zero attached hydrogens (tertiary/aromatic N) is 3. The van der Waals surface area contributed by atoms with Gasteiger partial charge in [-0.2, -0.15) is 11.3 Å². The molecule has 2 aromatic heterocycles. The molecule has 1 aromatic carbocycles. The average Bonchev–Trinajstić information content (AvgIpc) is 3.42. The van der Waals surface area contributed by atoms with Crippen molar-refractivity contribution in [2.24, 2.45) is 4.99 Å². The Morgan fingerprint density at radius 1 is 1.23 bits per heavy atom. The first kappa shape index (κ1) is 24.4. The third-order valence-electron chi connectivity index (χ3n) is 4.75. The maximum absolute atomic E-state index is 10.7. The molecule has 3 N–H and O–H groups in total. The van der Waals surface area contributed by atoms with Crippen LogP contribution in [0.1, 0.15) is 30.8 Å². The Hall–Kier alpha value is -1.91. The largest absolute Gasteiger partial charge is 0.384 e. The number of thiophene rings is 1. The van der Waals surface area contributed by atoms with Crippen molar-refractivity contribution in [2.45, 2.75) is 39.0 Å². The van der Waals surface area contributed by atoms with Gasteiger partial charge in [0.2, 0.25) is 0 Å². The standard InChI is InChI=1S/C22H29N5OS.HI/c1-3-23-21(26-17-22(2,28)19-10-14-29-16-19)25-15-20-24-11-13-27(20)12-9-18-7-5-4-6-8-18;/h4-8,10-11,13-14,16,28H,3,9,12,15,17H2,1-2H3,(H2,23,25,26);1H. The second kappa shape index (κ2) is 12.1. The maximum Gasteiger partial charge on any atom is 0.191 e. The molecule has 0 aliphatic carbocycles. The van der Waals surface area contributed by atoms with Gasteiger partial charge in [0.15, 0.2) is 5.96 Å². The van der Waals surface area contributed by atoms with E-state index in [1.54, 1.807) is 11.3 Å². The first-order valence-corrected chi connectivity index (χ1v) is 10.8. The van der Waals surface area contributed by atoms with Gasteiger partial charge in [-0.3, -0.25) is 0 Å². The summed E-state index contributed by atoms with van der Waals surface area (Å²) in [6.45, 7) is 6.28. The normalized spacial score (nSPS) is 13.4. The molecule has 0 amide bonds. The van der Waals surface area contributed by atoms with Crippen molar-refractivity contribution in [2.75, 3.05) is 13.1 Å². The number of benzene rings is 1. The van der Waals surface area contributed by atoms with Crippen LogP contribution in [0.4, 0.5) is 0 Å². The minimum absolute atomic E-state index is 0. The minimum Gasteiger partial charge on any atom is -0.384 e. The number of imidazole rings is 1. The topological polar surface area (TPSA) is 74.5 Å². The van der Waals surface area contributed by atoms with E-state index in [4.69, 9.17) is 0 Å². The quantitative estimate of drug-likeness (QED) is 0.220. The van der Waals surface area contributed by atoms with Crippen LogP contribution in [0.2, 0.25) is 0 Å². The Bertz CT molecular complexity index is 893. The van der Waals surface area contributed by atoms with E-state index in [-0.39, 0.29) is 24.0 Å². The lowest BCUT2D eigenvalue weighted by atomic mass is 9.99. The highest BCUT2D eigenvalue weighted by Crippen LogP contribution is 2.21. The van der Waals surface area contributed by atoms with Crippen LogP contribution in [0.3, 0.4) is 0 Å². The van der Waals surface area contributed by atoms with Crippen molar-refractivity contribution < 1.29 is 5.11 Å². The highest BCUT2D eigenvalue weighted by molar-refractivity contribution is 14.0. The number of hydrogen-bond acceptors (Lipinski definition) is 4. The number of rotatable bonds is 9. The molecule has 6 nitrogen and oxygen atoms in total. The Kier molecular flexibility index (Phi) is 9.80. The fraction of sp³-hybridized carbons (Fsp3) is 0.364. The van der Waals surface area contributed by atoms with Gasteiger partial charge in [-0.25, -0.2) is 9.98 Å². The van der Waals surface area contributed by atoms with Gasteiger partial charge in [0.1, 0.15) is 18.0 Å². The molecule has 0 aliphatic heterocycles. The number of aliphatic imine (C=N–C) groups is 1. The average molecular weight is 539 g/mol. The molecule has 8 heteroatoms. The van der Waals surface area contributed by atoms with Crippen LogP contribution in [-0.2, 0) is 25.1 Å². The molecule has 0 saturated heterocycles. The SMILES string of the molecule is CCNC(=NCc1nccn1CCc1ccccc1)NCC(C)(O)c1ccsc1.I. The van der Waals surface area contributed by atoms with E-state index in [1.807, 2.05) is 49.1 Å². The van der Waals surface area contributed by atoms with Crippen molar-refractivity contribution in [1.82, 2.24) is 20.2 Å². The molecule has 162 valence electrons. The number of guanidine groups is 1. The smallest absolute Gasteiger partial charge is 0.191 e. The first-order valence-electron chi connectivity index (χ1n) is 9.89. The highest BCUT2D eigenvalue weighted by Gasteiger charge is 2.23. The number of hydrogen-bond donors (Lipinski definition) is 3. The third-order valence-corrected chi connectivity index (χ3v) is 5.44. The van der Waals surface area contributed by atoms with Gasteiger partial charge in [-0.05, 0) is 48.2 Å². The molecule has 2 heterocycles. The van der Waals surface area contributed by atoms with Crippen LogP contribution in [0.5, 0.6) is 0 Å². The lowest BCUT2D eigenvalue weighted by Crippen LogP contribution is -2.44. The second-order valence-electron chi connectivity index (χ2n) is 7.11. The van der Waals surface area contributed by atoms with Crippen molar-refractivity contribution in [3.63, 3.8) is 0 Å². The van der Waals surface area contributed by atoms with Gasteiger partial charge in [0, 0.05) is 25.5 Å². The fourth-order valence-electron chi connectivity index (χ4n) is 3.01. The molecule has 0 fully saturated rings. The van der Waals surface area contributed by atoms with Crippen LogP contribution in [-0.4, -0.2) is 33.7 Å². The summed E-state index contributed by atoms with van der Waals surface area (Å²) in [7, 11) is 0. The summed E-state index contributed by atoms with van der Waals surface area (Å²) >= 11 is 1.58. The summed E-state index contributed by atoms with van der Waals surface area (Å²) in [6, 6.07) is 12.4. The molecule has 1 unspecified atom stereocenters. The predicted molar refractivity (Wildman–Crippen MR) is 134 cm³/mol. The summed E-state index contributed by atoms with van der Waals surface area (Å²) in [5.41, 5.74) is 1.26. The molecule has 3 aromatic rings. The Labute approximate surface area is 199 Å². The minimum atomic E-state index is -0.954. The van der Waals surface area contributed by atoms with Crippen molar-refractivity contribution in [3.8, 4) is 0 Å². The van der Waals surface area contributed by atoms with Crippen LogP contribution >= 0.6 is 35.3 Å². The van der Waals surface area contributed by atoms with Gasteiger partial charge < -0.3 is 20.3 Å². The van der Waals surface area contributed by atoms with Gasteiger partial charge in [0.25, 0.3) is 0 Å². The maximum atomic E-state index is 10.7. The summed E-state index contributed by atoms with van der Waals surface area (Å²) in [6.07, 6.45) is 4.77. The summed E-state index contributed by atoms with van der Waals surface area (Å²) in [4.78, 5) is 9.12. The van der Waals surface area contributed by atoms with Crippen LogP contribution in [0, 0.1) is 0 Å². The highest BCUT2D eigenvalue weighted by atomic mass is 127. The zero-order chi connectivity index (χ0) is 20.5. The van der Waals surface area contributed by atoms with E-state index in [0.29, 0.717) is 19.0 Å². The van der Waals surface area contributed by atoms with Gasteiger partial charge in [-0.1, -0.05) is 30.3 Å². The number of nitrogens with one attached hydrogen (secondary N) is 2. The molecule has 0 saturated carbocycles. The van der Waals surface area contributed by atoms with E-state index in [0.717, 1.165) is 30.9 Å². The van der Waals surface area contributed by atoms with E-state index in [1.165, 1.54) is 5.56 Å². The monoisotopic (exact) mass is 539 g/mol. The third kappa shape index (κ3) is 7.10. The summed E-state index contributed by atoms with van der Waals surface area (Å²) in [5.74, 6) is 1.59. The molecule has 30 heavy (non-hydrogen) atoms. The number of halogens is 1. The van der Waals surface area contributed by atoms with E-state index in [2.05, 4.69) is 49.4 Å². The summed E-state index contributed by atoms with van der Waals surface area (Å²) < 4.78 is 2.14. The predicted octanol–water partition coefficient (Wildman–Crippen LogP) is 3.77. The van der Waals surface area contributed by atoms with Crippen LogP contribution < -0.4 is 10.6 Å². The van der Waals surface area contributed by atoms with Gasteiger partial charge in [-0.15, -0.1) is 24.0 Å². The summed E-state index contributed by atoms with van der Waals surface area (Å²) in [5, 5.41) is 21.1. The van der Waals surface area contributed by atoms with Crippen molar-refractivity contribution in [3.05, 3.63) is 76.5 Å². The van der Waals surface area contributed by atoms with Crippen molar-refractivity contribution in [1.29, 1.82) is 0 Å². The molecule has 0 radical (unpaired) electrons. The zero-order valence-electron chi connectivity index (χ0n) is 17.4. The zero-order valence-corrected chi connectivity index (χ0v) is 20.6. The number of aliphatic hydroxyl groups is 1. The molecule has 0 aliphatic rings. The number of aryl methyl sites for hydroxylation is 2. The molecular formula is C22H30IN5OS. The molecular weight excluding hydrogens is 509 g/mol. The van der Waals surface area contributed by atoms with E-state index < -0.39 is 5.60 Å². The van der Waals surface area contributed by atoms with E-state index in [9.17, 15) is 5.11 Å². The van der Waals surface area contributed by atoms with E-state index >= 15 is 0 Å². The molecule has 1 atom stereocenters. The first-order chi connectivity index (χ1) is 14.1.